The lowest BCUT2D eigenvalue weighted by atomic mass is 10.1. The van der Waals surface area contributed by atoms with E-state index < -0.39 is 10.0 Å². The number of amides is 1. The highest BCUT2D eigenvalue weighted by Crippen LogP contribution is 2.17. The van der Waals surface area contributed by atoms with Crippen molar-refractivity contribution in [2.75, 3.05) is 11.9 Å². The topological polar surface area (TPSA) is 87.6 Å². The summed E-state index contributed by atoms with van der Waals surface area (Å²) in [7, 11) is -3.68. The molecule has 1 aliphatic rings. The van der Waals surface area contributed by atoms with Crippen LogP contribution in [0.25, 0.3) is 0 Å². The smallest absolute Gasteiger partial charge is 0.262 e. The van der Waals surface area contributed by atoms with E-state index in [4.69, 9.17) is 0 Å². The average Bonchev–Trinajstić information content (AvgIpc) is 2.89. The van der Waals surface area contributed by atoms with Crippen molar-refractivity contribution in [3.8, 4) is 0 Å². The van der Waals surface area contributed by atoms with Gasteiger partial charge in [-0.15, -0.1) is 0 Å². The highest BCUT2D eigenvalue weighted by atomic mass is 32.2. The average molecular weight is 400 g/mol. The van der Waals surface area contributed by atoms with Crippen molar-refractivity contribution in [3.63, 3.8) is 0 Å². The Balaban J connectivity index is 1.70. The molecule has 0 fully saturated rings. The fourth-order valence-corrected chi connectivity index (χ4v) is 4.29. The maximum Gasteiger partial charge on any atom is 0.262 e. The van der Waals surface area contributed by atoms with E-state index in [0.717, 1.165) is 30.4 Å². The van der Waals surface area contributed by atoms with Crippen LogP contribution in [-0.2, 0) is 10.0 Å². The minimum atomic E-state index is -3.68. The Morgan fingerprint density at radius 2 is 1.64 bits per heavy atom. The molecule has 2 N–H and O–H groups in total. The molecule has 0 spiro atoms. The summed E-state index contributed by atoms with van der Waals surface area (Å²) in [5.74, 6) is 0.290. The number of benzene rings is 2. The Morgan fingerprint density at radius 3 is 2.32 bits per heavy atom. The van der Waals surface area contributed by atoms with E-state index in [1.165, 1.54) is 12.1 Å². The Bertz CT molecular complexity index is 976. The number of anilines is 1. The fraction of sp³-hybridized carbons (Fsp3) is 0.333. The molecule has 1 amide bonds. The second-order valence-electron chi connectivity index (χ2n) is 7.10. The van der Waals surface area contributed by atoms with Gasteiger partial charge in [0.15, 0.2) is 0 Å². The van der Waals surface area contributed by atoms with Gasteiger partial charge in [0.05, 0.1) is 4.90 Å². The van der Waals surface area contributed by atoms with Crippen LogP contribution in [0.15, 0.2) is 52.4 Å². The standard InChI is InChI=1S/C21H25N3O3S/c1-15-12-16(2)14-17(13-15)21(25)23-18-7-9-19(10-8-18)28(26,27)24-20-6-4-3-5-11-22-20/h7-10,12-14H,3-6,11H2,1-2H3,(H,22,24)(H,23,25). The van der Waals surface area contributed by atoms with E-state index in [1.807, 2.05) is 32.0 Å². The number of carbonyl (C=O) groups excluding carboxylic acids is 1. The van der Waals surface area contributed by atoms with Crippen molar-refractivity contribution in [3.05, 3.63) is 59.2 Å². The maximum absolute atomic E-state index is 12.6. The number of hydrogen-bond acceptors (Lipinski definition) is 4. The summed E-state index contributed by atoms with van der Waals surface area (Å²) in [5.41, 5.74) is 3.13. The zero-order valence-electron chi connectivity index (χ0n) is 16.2. The van der Waals surface area contributed by atoms with Crippen LogP contribution in [0.4, 0.5) is 5.69 Å². The number of aryl methyl sites for hydroxylation is 2. The van der Waals surface area contributed by atoms with Gasteiger partial charge in [0, 0.05) is 24.2 Å². The summed E-state index contributed by atoms with van der Waals surface area (Å²) >= 11 is 0. The van der Waals surface area contributed by atoms with Crippen molar-refractivity contribution < 1.29 is 13.2 Å². The third kappa shape index (κ3) is 5.19. The maximum atomic E-state index is 12.6. The van der Waals surface area contributed by atoms with Crippen molar-refractivity contribution in [2.24, 2.45) is 4.99 Å². The summed E-state index contributed by atoms with van der Waals surface area (Å²) in [6.45, 7) is 4.53. The van der Waals surface area contributed by atoms with E-state index in [0.29, 0.717) is 30.1 Å². The number of carbonyl (C=O) groups is 1. The molecule has 0 aliphatic carbocycles. The quantitative estimate of drug-likeness (QED) is 0.819. The molecule has 6 nitrogen and oxygen atoms in total. The lowest BCUT2D eigenvalue weighted by Gasteiger charge is -2.11. The lowest BCUT2D eigenvalue weighted by molar-refractivity contribution is 0.102. The first-order valence-electron chi connectivity index (χ1n) is 9.39. The summed E-state index contributed by atoms with van der Waals surface area (Å²) < 4.78 is 27.7. The summed E-state index contributed by atoms with van der Waals surface area (Å²) in [4.78, 5) is 16.9. The second kappa shape index (κ2) is 8.56. The van der Waals surface area contributed by atoms with Gasteiger partial charge in [-0.2, -0.15) is 0 Å². The number of aliphatic imine (C=N–C) groups is 1. The van der Waals surface area contributed by atoms with Crippen LogP contribution in [0, 0.1) is 13.8 Å². The van der Waals surface area contributed by atoms with Gasteiger partial charge in [0.25, 0.3) is 15.9 Å². The summed E-state index contributed by atoms with van der Waals surface area (Å²) in [6, 6.07) is 11.8. The predicted octanol–water partition coefficient (Wildman–Crippen LogP) is 3.81. The van der Waals surface area contributed by atoms with Crippen LogP contribution in [0.3, 0.4) is 0 Å². The van der Waals surface area contributed by atoms with Gasteiger partial charge in [-0.1, -0.05) is 23.6 Å². The van der Waals surface area contributed by atoms with E-state index in [-0.39, 0.29) is 10.8 Å². The monoisotopic (exact) mass is 399 g/mol. The van der Waals surface area contributed by atoms with Crippen LogP contribution < -0.4 is 10.0 Å². The summed E-state index contributed by atoms with van der Waals surface area (Å²) in [5, 5.41) is 2.80. The third-order valence-electron chi connectivity index (χ3n) is 4.53. The number of hydrogen-bond donors (Lipinski definition) is 2. The van der Waals surface area contributed by atoms with Crippen molar-refractivity contribution in [1.82, 2.24) is 4.72 Å². The van der Waals surface area contributed by atoms with Crippen LogP contribution >= 0.6 is 0 Å². The zero-order chi connectivity index (χ0) is 20.1. The molecule has 0 unspecified atom stereocenters. The molecule has 0 aromatic heterocycles. The zero-order valence-corrected chi connectivity index (χ0v) is 17.0. The fourth-order valence-electron chi connectivity index (χ4n) is 3.20. The van der Waals surface area contributed by atoms with Gasteiger partial charge in [0.2, 0.25) is 0 Å². The largest absolute Gasteiger partial charge is 0.322 e. The van der Waals surface area contributed by atoms with Gasteiger partial charge in [-0.3, -0.25) is 14.5 Å². The van der Waals surface area contributed by atoms with Gasteiger partial charge < -0.3 is 5.32 Å². The molecule has 0 atom stereocenters. The number of amidine groups is 1. The van der Waals surface area contributed by atoms with Crippen LogP contribution in [-0.4, -0.2) is 26.7 Å². The van der Waals surface area contributed by atoms with Crippen LogP contribution in [0.2, 0.25) is 0 Å². The molecule has 28 heavy (non-hydrogen) atoms. The lowest BCUT2D eigenvalue weighted by Crippen LogP contribution is -2.30. The van der Waals surface area contributed by atoms with E-state index in [2.05, 4.69) is 15.0 Å². The molecule has 0 radical (unpaired) electrons. The van der Waals surface area contributed by atoms with Gasteiger partial charge >= 0.3 is 0 Å². The van der Waals surface area contributed by atoms with Gasteiger partial charge in [0.1, 0.15) is 5.84 Å². The number of sulfonamides is 1. The number of nitrogens with zero attached hydrogens (tertiary/aromatic N) is 1. The Kier molecular flexibility index (Phi) is 6.14. The van der Waals surface area contributed by atoms with Crippen molar-refractivity contribution >= 4 is 27.5 Å². The molecule has 2 aromatic rings. The molecule has 1 heterocycles. The third-order valence-corrected chi connectivity index (χ3v) is 5.93. The van der Waals surface area contributed by atoms with Crippen molar-refractivity contribution in [1.29, 1.82) is 0 Å². The van der Waals surface area contributed by atoms with Crippen LogP contribution in [0.5, 0.6) is 0 Å². The van der Waals surface area contributed by atoms with E-state index >= 15 is 0 Å². The molecule has 0 bridgehead atoms. The van der Waals surface area contributed by atoms with Crippen molar-refractivity contribution in [2.45, 2.75) is 44.4 Å². The predicted molar refractivity (Wildman–Crippen MR) is 111 cm³/mol. The minimum Gasteiger partial charge on any atom is -0.322 e. The van der Waals surface area contributed by atoms with Crippen LogP contribution in [0.1, 0.15) is 47.2 Å². The first-order valence-corrected chi connectivity index (χ1v) is 10.9. The second-order valence-corrected chi connectivity index (χ2v) is 8.78. The first kappa shape index (κ1) is 20.1. The molecular formula is C21H25N3O3S. The highest BCUT2D eigenvalue weighted by molar-refractivity contribution is 7.90. The molecule has 0 saturated carbocycles. The SMILES string of the molecule is Cc1cc(C)cc(C(=O)Nc2ccc(S(=O)(=O)NC3=NCCCCC3)cc2)c1. The number of rotatable bonds is 4. The molecule has 3 rings (SSSR count). The van der Waals surface area contributed by atoms with Gasteiger partial charge in [-0.25, -0.2) is 8.42 Å². The Labute approximate surface area is 166 Å². The summed E-state index contributed by atoms with van der Waals surface area (Å²) in [6.07, 6.45) is 3.62. The molecule has 148 valence electrons. The molecule has 7 heteroatoms. The minimum absolute atomic E-state index is 0.142. The van der Waals surface area contributed by atoms with E-state index in [9.17, 15) is 13.2 Å². The normalized spacial score (nSPS) is 14.7. The van der Waals surface area contributed by atoms with Gasteiger partial charge in [-0.05, 0) is 63.1 Å². The number of nitrogens with one attached hydrogen (secondary N) is 2. The van der Waals surface area contributed by atoms with E-state index in [1.54, 1.807) is 12.1 Å². The Morgan fingerprint density at radius 1 is 0.964 bits per heavy atom. The molecule has 0 saturated heterocycles. The highest BCUT2D eigenvalue weighted by Gasteiger charge is 2.17. The Hall–Kier alpha value is -2.67. The molecule has 1 aliphatic heterocycles. The first-order chi connectivity index (χ1) is 13.3. The molecular weight excluding hydrogens is 374 g/mol. The molecule has 2 aromatic carbocycles.